The van der Waals surface area contributed by atoms with E-state index >= 15 is 0 Å². The van der Waals surface area contributed by atoms with E-state index in [1.807, 2.05) is 49.5 Å². The lowest BCUT2D eigenvalue weighted by Crippen LogP contribution is -2.40. The zero-order valence-corrected chi connectivity index (χ0v) is 19.3. The first kappa shape index (κ1) is 23.1. The zero-order valence-electron chi connectivity index (χ0n) is 19.3. The molecule has 8 heteroatoms. The van der Waals surface area contributed by atoms with Gasteiger partial charge in [0.15, 0.2) is 5.96 Å². The molecule has 0 unspecified atom stereocenters. The maximum Gasteiger partial charge on any atom is 0.194 e. The van der Waals surface area contributed by atoms with Crippen molar-refractivity contribution in [3.8, 4) is 11.5 Å². The topological polar surface area (TPSA) is 76.8 Å². The van der Waals surface area contributed by atoms with Gasteiger partial charge in [0.25, 0.3) is 0 Å². The van der Waals surface area contributed by atoms with E-state index in [1.54, 1.807) is 20.5 Å². The molecule has 2 aromatic carbocycles. The molecule has 1 aromatic heterocycles. The van der Waals surface area contributed by atoms with Crippen molar-refractivity contribution in [1.82, 2.24) is 25.0 Å². The van der Waals surface area contributed by atoms with Gasteiger partial charge >= 0.3 is 0 Å². The third-order valence-corrected chi connectivity index (χ3v) is 5.18. The van der Waals surface area contributed by atoms with Gasteiger partial charge in [-0.25, -0.2) is 4.99 Å². The van der Waals surface area contributed by atoms with Crippen LogP contribution >= 0.6 is 0 Å². The van der Waals surface area contributed by atoms with E-state index in [0.717, 1.165) is 47.4 Å². The van der Waals surface area contributed by atoms with Crippen LogP contribution in [0, 0.1) is 0 Å². The molecule has 0 saturated heterocycles. The molecule has 8 nitrogen and oxygen atoms in total. The average molecular weight is 437 g/mol. The van der Waals surface area contributed by atoms with Crippen LogP contribution in [0.3, 0.4) is 0 Å². The third kappa shape index (κ3) is 6.23. The Morgan fingerprint density at radius 3 is 2.59 bits per heavy atom. The summed E-state index contributed by atoms with van der Waals surface area (Å²) < 4.78 is 12.8. The van der Waals surface area contributed by atoms with Crippen LogP contribution < -0.4 is 14.8 Å². The normalized spacial score (nSPS) is 11.3. The van der Waals surface area contributed by atoms with Gasteiger partial charge in [-0.2, -0.15) is 0 Å². The quantitative estimate of drug-likeness (QED) is 0.389. The number of nitrogens with one attached hydrogen (secondary N) is 1. The molecule has 0 amide bonds. The summed E-state index contributed by atoms with van der Waals surface area (Å²) in [7, 11) is 5.39. The maximum atomic E-state index is 5.52. The standard InChI is InChI=1S/C24H32N6O2/c1-5-23-28-27-18-30(23)15-14-25-24(26-16-19-10-12-21(31-3)13-11-19)29(2)17-20-8-6-7-9-22(20)32-4/h6-13,18H,5,14-17H2,1-4H3,(H,25,26). The van der Waals surface area contributed by atoms with Crippen LogP contribution in [0.4, 0.5) is 0 Å². The first-order chi connectivity index (χ1) is 15.6. The zero-order chi connectivity index (χ0) is 22.8. The van der Waals surface area contributed by atoms with Gasteiger partial charge < -0.3 is 24.3 Å². The molecule has 0 atom stereocenters. The van der Waals surface area contributed by atoms with Crippen molar-refractivity contribution >= 4 is 5.96 Å². The fourth-order valence-electron chi connectivity index (χ4n) is 3.40. The average Bonchev–Trinajstić information content (AvgIpc) is 3.29. The lowest BCUT2D eigenvalue weighted by Gasteiger charge is -2.24. The summed E-state index contributed by atoms with van der Waals surface area (Å²) in [6, 6.07) is 16.0. The van der Waals surface area contributed by atoms with E-state index in [-0.39, 0.29) is 0 Å². The molecule has 3 rings (SSSR count). The summed E-state index contributed by atoms with van der Waals surface area (Å²) in [4.78, 5) is 6.98. The monoisotopic (exact) mass is 436 g/mol. The van der Waals surface area contributed by atoms with E-state index in [9.17, 15) is 0 Å². The third-order valence-electron chi connectivity index (χ3n) is 5.18. The van der Waals surface area contributed by atoms with Crippen molar-refractivity contribution in [2.75, 3.05) is 27.8 Å². The molecular weight excluding hydrogens is 404 g/mol. The number of aryl methyl sites for hydroxylation is 1. The van der Waals surface area contributed by atoms with Crippen LogP contribution in [-0.4, -0.2) is 53.4 Å². The summed E-state index contributed by atoms with van der Waals surface area (Å²) >= 11 is 0. The molecule has 32 heavy (non-hydrogen) atoms. The van der Waals surface area contributed by atoms with E-state index in [0.29, 0.717) is 19.6 Å². The van der Waals surface area contributed by atoms with Crippen LogP contribution in [-0.2, 0) is 26.1 Å². The van der Waals surface area contributed by atoms with Gasteiger partial charge in [-0.05, 0) is 23.8 Å². The van der Waals surface area contributed by atoms with Crippen molar-refractivity contribution in [2.24, 2.45) is 4.99 Å². The van der Waals surface area contributed by atoms with Crippen LogP contribution in [0.1, 0.15) is 23.9 Å². The number of para-hydroxylation sites is 1. The summed E-state index contributed by atoms with van der Waals surface area (Å²) in [6.45, 7) is 4.79. The predicted molar refractivity (Wildman–Crippen MR) is 126 cm³/mol. The molecule has 0 radical (unpaired) electrons. The summed E-state index contributed by atoms with van der Waals surface area (Å²) in [5.74, 6) is 3.50. The highest BCUT2D eigenvalue weighted by molar-refractivity contribution is 5.79. The SMILES string of the molecule is CCc1nncn1CCNC(=NCc1ccc(OC)cc1)N(C)Cc1ccccc1OC. The van der Waals surface area contributed by atoms with Gasteiger partial charge in [0, 0.05) is 38.7 Å². The summed E-state index contributed by atoms with van der Waals surface area (Å²) in [5, 5.41) is 11.7. The largest absolute Gasteiger partial charge is 0.497 e. The van der Waals surface area contributed by atoms with Crippen LogP contribution in [0.5, 0.6) is 11.5 Å². The maximum absolute atomic E-state index is 5.52. The number of hydrogen-bond acceptors (Lipinski definition) is 5. The molecule has 3 aromatic rings. The smallest absolute Gasteiger partial charge is 0.194 e. The lowest BCUT2D eigenvalue weighted by atomic mass is 10.2. The lowest BCUT2D eigenvalue weighted by molar-refractivity contribution is 0.395. The Hall–Kier alpha value is -3.55. The minimum atomic E-state index is 0.565. The van der Waals surface area contributed by atoms with Crippen molar-refractivity contribution in [2.45, 2.75) is 33.0 Å². The highest BCUT2D eigenvalue weighted by Gasteiger charge is 2.11. The second-order valence-electron chi connectivity index (χ2n) is 7.38. The van der Waals surface area contributed by atoms with E-state index < -0.39 is 0 Å². The molecule has 0 aliphatic carbocycles. The fraction of sp³-hybridized carbons (Fsp3) is 0.375. The summed E-state index contributed by atoms with van der Waals surface area (Å²) in [5.41, 5.74) is 2.21. The number of rotatable bonds is 10. The number of ether oxygens (including phenoxy) is 2. The number of aliphatic imine (C=N–C) groups is 1. The number of nitrogens with zero attached hydrogens (tertiary/aromatic N) is 5. The second kappa shape index (κ2) is 11.7. The van der Waals surface area contributed by atoms with Gasteiger partial charge in [0.1, 0.15) is 23.7 Å². The molecule has 0 saturated carbocycles. The van der Waals surface area contributed by atoms with Gasteiger partial charge in [0.05, 0.1) is 20.8 Å². The molecule has 1 heterocycles. The molecule has 0 fully saturated rings. The Balaban J connectivity index is 1.72. The molecular formula is C24H32N6O2. The van der Waals surface area contributed by atoms with Gasteiger partial charge in [-0.3, -0.25) is 0 Å². The molecule has 0 bridgehead atoms. The van der Waals surface area contributed by atoms with Crippen LogP contribution in [0.15, 0.2) is 59.9 Å². The molecule has 0 spiro atoms. The first-order valence-electron chi connectivity index (χ1n) is 10.8. The molecule has 170 valence electrons. The molecule has 0 aliphatic heterocycles. The Morgan fingerprint density at radius 1 is 1.09 bits per heavy atom. The van der Waals surface area contributed by atoms with Crippen molar-refractivity contribution < 1.29 is 9.47 Å². The summed E-state index contributed by atoms with van der Waals surface area (Å²) in [6.07, 6.45) is 2.62. The number of methoxy groups -OCH3 is 2. The van der Waals surface area contributed by atoms with E-state index in [2.05, 4.69) is 38.0 Å². The van der Waals surface area contributed by atoms with Gasteiger partial charge in [-0.15, -0.1) is 10.2 Å². The first-order valence-corrected chi connectivity index (χ1v) is 10.8. The Labute approximate surface area is 189 Å². The van der Waals surface area contributed by atoms with Crippen molar-refractivity contribution in [1.29, 1.82) is 0 Å². The highest BCUT2D eigenvalue weighted by atomic mass is 16.5. The predicted octanol–water partition coefficient (Wildman–Crippen LogP) is 3.14. The fourth-order valence-corrected chi connectivity index (χ4v) is 3.40. The Morgan fingerprint density at radius 2 is 1.88 bits per heavy atom. The van der Waals surface area contributed by atoms with Crippen LogP contribution in [0.25, 0.3) is 0 Å². The highest BCUT2D eigenvalue weighted by Crippen LogP contribution is 2.19. The van der Waals surface area contributed by atoms with E-state index in [4.69, 9.17) is 14.5 Å². The number of benzene rings is 2. The van der Waals surface area contributed by atoms with Gasteiger partial charge in [0.2, 0.25) is 0 Å². The molecule has 1 N–H and O–H groups in total. The number of guanidine groups is 1. The van der Waals surface area contributed by atoms with Gasteiger partial charge in [-0.1, -0.05) is 37.3 Å². The Bertz CT molecular complexity index is 1000. The Kier molecular flexibility index (Phi) is 8.48. The number of hydrogen-bond donors (Lipinski definition) is 1. The van der Waals surface area contributed by atoms with Crippen molar-refractivity contribution in [3.05, 3.63) is 71.8 Å². The van der Waals surface area contributed by atoms with Crippen LogP contribution in [0.2, 0.25) is 0 Å². The van der Waals surface area contributed by atoms with E-state index in [1.165, 1.54) is 0 Å². The minimum absolute atomic E-state index is 0.565. The molecule has 0 aliphatic rings. The number of aromatic nitrogens is 3. The minimum Gasteiger partial charge on any atom is -0.497 e. The van der Waals surface area contributed by atoms with Crippen molar-refractivity contribution in [3.63, 3.8) is 0 Å². The second-order valence-corrected chi connectivity index (χ2v) is 7.38.